The molecule has 0 aliphatic carbocycles. The van der Waals surface area contributed by atoms with E-state index in [9.17, 15) is 4.79 Å². The SMILES string of the molecule is O=C(CSc1ccc2ccccc2c1)NCc1ccccc1. The number of hydrogen-bond donors (Lipinski definition) is 1. The van der Waals surface area contributed by atoms with Crippen molar-refractivity contribution in [3.05, 3.63) is 78.4 Å². The van der Waals surface area contributed by atoms with E-state index in [1.54, 1.807) is 11.8 Å². The lowest BCUT2D eigenvalue weighted by atomic mass is 10.1. The summed E-state index contributed by atoms with van der Waals surface area (Å²) >= 11 is 1.57. The molecule has 3 aromatic carbocycles. The summed E-state index contributed by atoms with van der Waals surface area (Å²) in [6.45, 7) is 0.581. The maximum atomic E-state index is 11.9. The molecule has 0 saturated carbocycles. The fraction of sp³-hybridized carbons (Fsp3) is 0.105. The van der Waals surface area contributed by atoms with Gasteiger partial charge >= 0.3 is 0 Å². The van der Waals surface area contributed by atoms with Gasteiger partial charge in [-0.15, -0.1) is 11.8 Å². The molecule has 0 atom stereocenters. The molecule has 3 rings (SSSR count). The van der Waals surface area contributed by atoms with Crippen LogP contribution in [0.1, 0.15) is 5.56 Å². The second-order valence-corrected chi connectivity index (χ2v) is 6.11. The predicted octanol–water partition coefficient (Wildman–Crippen LogP) is 4.25. The lowest BCUT2D eigenvalue weighted by Gasteiger charge is -2.06. The molecule has 110 valence electrons. The van der Waals surface area contributed by atoms with E-state index in [1.807, 2.05) is 42.5 Å². The molecular formula is C19H17NOS. The number of rotatable bonds is 5. The van der Waals surface area contributed by atoms with Crippen LogP contribution >= 0.6 is 11.8 Å². The zero-order valence-electron chi connectivity index (χ0n) is 12.2. The molecule has 22 heavy (non-hydrogen) atoms. The third kappa shape index (κ3) is 3.89. The standard InChI is InChI=1S/C19H17NOS/c21-19(20-13-15-6-2-1-3-7-15)14-22-18-11-10-16-8-4-5-9-17(16)12-18/h1-12H,13-14H2,(H,20,21). The van der Waals surface area contributed by atoms with Crippen LogP contribution in [0.2, 0.25) is 0 Å². The van der Waals surface area contributed by atoms with Gasteiger partial charge < -0.3 is 5.32 Å². The van der Waals surface area contributed by atoms with Crippen molar-refractivity contribution in [2.75, 3.05) is 5.75 Å². The van der Waals surface area contributed by atoms with Crippen LogP contribution in [0.25, 0.3) is 10.8 Å². The van der Waals surface area contributed by atoms with Crippen LogP contribution in [0.4, 0.5) is 0 Å². The Morgan fingerprint density at radius 2 is 1.59 bits per heavy atom. The molecule has 0 aromatic heterocycles. The molecule has 0 spiro atoms. The van der Waals surface area contributed by atoms with Gasteiger partial charge in [0.1, 0.15) is 0 Å². The Balaban J connectivity index is 1.53. The van der Waals surface area contributed by atoms with Crippen molar-refractivity contribution in [3.8, 4) is 0 Å². The molecule has 0 saturated heterocycles. The van der Waals surface area contributed by atoms with Crippen LogP contribution in [0.3, 0.4) is 0 Å². The first-order valence-electron chi connectivity index (χ1n) is 7.23. The Bertz CT molecular complexity index is 771. The summed E-state index contributed by atoms with van der Waals surface area (Å²) in [6.07, 6.45) is 0. The second kappa shape index (κ2) is 7.14. The highest BCUT2D eigenvalue weighted by atomic mass is 32.2. The monoisotopic (exact) mass is 307 g/mol. The van der Waals surface area contributed by atoms with E-state index < -0.39 is 0 Å². The van der Waals surface area contributed by atoms with Crippen molar-refractivity contribution in [3.63, 3.8) is 0 Å². The number of fused-ring (bicyclic) bond motifs is 1. The van der Waals surface area contributed by atoms with Crippen LogP contribution in [0.5, 0.6) is 0 Å². The van der Waals surface area contributed by atoms with E-state index >= 15 is 0 Å². The predicted molar refractivity (Wildman–Crippen MR) is 93.0 cm³/mol. The molecule has 0 bridgehead atoms. The lowest BCUT2D eigenvalue weighted by molar-refractivity contribution is -0.118. The number of hydrogen-bond acceptors (Lipinski definition) is 2. The highest BCUT2D eigenvalue weighted by Gasteiger charge is 2.03. The van der Waals surface area contributed by atoms with Gasteiger partial charge in [0.05, 0.1) is 5.75 Å². The Labute approximate surface area is 134 Å². The summed E-state index contributed by atoms with van der Waals surface area (Å²) in [5.41, 5.74) is 1.12. The molecule has 1 amide bonds. The van der Waals surface area contributed by atoms with Gasteiger partial charge in [-0.3, -0.25) is 4.79 Å². The molecule has 2 nitrogen and oxygen atoms in total. The minimum absolute atomic E-state index is 0.0574. The molecule has 0 radical (unpaired) electrons. The number of benzene rings is 3. The molecule has 3 aromatic rings. The van der Waals surface area contributed by atoms with Crippen LogP contribution < -0.4 is 5.32 Å². The van der Waals surface area contributed by atoms with E-state index in [0.29, 0.717) is 12.3 Å². The van der Waals surface area contributed by atoms with Crippen LogP contribution in [0, 0.1) is 0 Å². The first kappa shape index (κ1) is 14.7. The molecular weight excluding hydrogens is 290 g/mol. The van der Waals surface area contributed by atoms with Crippen molar-refractivity contribution in [2.45, 2.75) is 11.4 Å². The van der Waals surface area contributed by atoms with E-state index in [-0.39, 0.29) is 5.91 Å². The zero-order valence-corrected chi connectivity index (χ0v) is 13.0. The lowest BCUT2D eigenvalue weighted by Crippen LogP contribution is -2.24. The number of carbonyl (C=O) groups excluding carboxylic acids is 1. The summed E-state index contributed by atoms with van der Waals surface area (Å²) < 4.78 is 0. The normalized spacial score (nSPS) is 10.5. The summed E-state index contributed by atoms with van der Waals surface area (Å²) in [7, 11) is 0. The van der Waals surface area contributed by atoms with E-state index in [1.165, 1.54) is 10.8 Å². The van der Waals surface area contributed by atoms with E-state index in [0.717, 1.165) is 10.5 Å². The number of carbonyl (C=O) groups is 1. The number of thioether (sulfide) groups is 1. The average molecular weight is 307 g/mol. The van der Waals surface area contributed by atoms with Crippen molar-refractivity contribution in [2.24, 2.45) is 0 Å². The minimum Gasteiger partial charge on any atom is -0.351 e. The van der Waals surface area contributed by atoms with Crippen molar-refractivity contribution in [1.29, 1.82) is 0 Å². The van der Waals surface area contributed by atoms with Crippen molar-refractivity contribution in [1.82, 2.24) is 5.32 Å². The molecule has 0 aliphatic heterocycles. The third-order valence-electron chi connectivity index (χ3n) is 3.42. The van der Waals surface area contributed by atoms with Gasteiger partial charge in [0, 0.05) is 11.4 Å². The van der Waals surface area contributed by atoms with E-state index in [4.69, 9.17) is 0 Å². The van der Waals surface area contributed by atoms with Gasteiger partial charge in [0.2, 0.25) is 5.91 Å². The summed E-state index contributed by atoms with van der Waals surface area (Å²) in [5.74, 6) is 0.493. The number of nitrogens with one attached hydrogen (secondary N) is 1. The highest BCUT2D eigenvalue weighted by Crippen LogP contribution is 2.23. The number of amides is 1. The molecule has 0 fully saturated rings. The quantitative estimate of drug-likeness (QED) is 0.714. The molecule has 3 heteroatoms. The van der Waals surface area contributed by atoms with Crippen molar-refractivity contribution >= 4 is 28.4 Å². The van der Waals surface area contributed by atoms with Crippen LogP contribution in [0.15, 0.2) is 77.7 Å². The summed E-state index contributed by atoms with van der Waals surface area (Å²) in [5, 5.41) is 5.37. The Morgan fingerprint density at radius 3 is 2.41 bits per heavy atom. The fourth-order valence-corrected chi connectivity index (χ4v) is 3.03. The maximum absolute atomic E-state index is 11.9. The largest absolute Gasteiger partial charge is 0.351 e. The molecule has 0 aliphatic rings. The van der Waals surface area contributed by atoms with Gasteiger partial charge in [-0.25, -0.2) is 0 Å². The maximum Gasteiger partial charge on any atom is 0.230 e. The molecule has 1 N–H and O–H groups in total. The Kier molecular flexibility index (Phi) is 4.76. The first-order valence-corrected chi connectivity index (χ1v) is 8.22. The molecule has 0 unspecified atom stereocenters. The summed E-state index contributed by atoms with van der Waals surface area (Å²) in [4.78, 5) is 13.0. The van der Waals surface area contributed by atoms with Crippen molar-refractivity contribution < 1.29 is 4.79 Å². The van der Waals surface area contributed by atoms with Gasteiger partial charge in [0.25, 0.3) is 0 Å². The van der Waals surface area contributed by atoms with Gasteiger partial charge in [-0.2, -0.15) is 0 Å². The first-order chi connectivity index (χ1) is 10.8. The zero-order chi connectivity index (χ0) is 15.2. The van der Waals surface area contributed by atoms with E-state index in [2.05, 4.69) is 35.6 Å². The molecule has 0 heterocycles. The van der Waals surface area contributed by atoms with Crippen LogP contribution in [-0.4, -0.2) is 11.7 Å². The topological polar surface area (TPSA) is 29.1 Å². The smallest absolute Gasteiger partial charge is 0.230 e. The average Bonchev–Trinajstić information content (AvgIpc) is 2.59. The Hall–Kier alpha value is -2.26. The third-order valence-corrected chi connectivity index (χ3v) is 4.42. The summed E-state index contributed by atoms with van der Waals surface area (Å²) in [6, 6.07) is 24.5. The van der Waals surface area contributed by atoms with Gasteiger partial charge in [0.15, 0.2) is 0 Å². The highest BCUT2D eigenvalue weighted by molar-refractivity contribution is 8.00. The van der Waals surface area contributed by atoms with Gasteiger partial charge in [-0.05, 0) is 28.5 Å². The van der Waals surface area contributed by atoms with Crippen LogP contribution in [-0.2, 0) is 11.3 Å². The van der Waals surface area contributed by atoms with Gasteiger partial charge in [-0.1, -0.05) is 60.7 Å². The Morgan fingerprint density at radius 1 is 0.864 bits per heavy atom. The minimum atomic E-state index is 0.0574. The second-order valence-electron chi connectivity index (χ2n) is 5.06. The fourth-order valence-electron chi connectivity index (χ4n) is 2.25.